The van der Waals surface area contributed by atoms with Crippen molar-refractivity contribution in [1.82, 2.24) is 9.97 Å². The second-order valence-electron chi connectivity index (χ2n) is 6.01. The van der Waals surface area contributed by atoms with Crippen LogP contribution in [0.25, 0.3) is 11.3 Å². The summed E-state index contributed by atoms with van der Waals surface area (Å²) in [6, 6.07) is 15.1. The monoisotopic (exact) mass is 388 g/mol. The van der Waals surface area contributed by atoms with E-state index < -0.39 is 6.36 Å². The highest BCUT2D eigenvalue weighted by Crippen LogP contribution is 2.29. The first-order chi connectivity index (χ1) is 13.3. The van der Waals surface area contributed by atoms with Gasteiger partial charge in [-0.05, 0) is 37.6 Å². The molecule has 2 aromatic carbocycles. The number of ether oxygens (including phenoxy) is 1. The third-order valence-corrected chi connectivity index (χ3v) is 3.83. The molecule has 0 aliphatic carbocycles. The van der Waals surface area contributed by atoms with Crippen LogP contribution in [0.3, 0.4) is 0 Å². The third kappa shape index (κ3) is 5.12. The minimum Gasteiger partial charge on any atom is -0.406 e. The Morgan fingerprint density at radius 3 is 2.50 bits per heavy atom. The van der Waals surface area contributed by atoms with Crippen LogP contribution in [0.4, 0.5) is 30.6 Å². The number of nitrogens with zero attached hydrogens (tertiary/aromatic N) is 2. The minimum atomic E-state index is -4.75. The van der Waals surface area contributed by atoms with E-state index >= 15 is 0 Å². The van der Waals surface area contributed by atoms with E-state index in [1.165, 1.54) is 18.2 Å². The largest absolute Gasteiger partial charge is 0.573 e. The molecule has 0 amide bonds. The van der Waals surface area contributed by atoms with Gasteiger partial charge in [-0.3, -0.25) is 0 Å². The minimum absolute atomic E-state index is 0.304. The Morgan fingerprint density at radius 2 is 1.79 bits per heavy atom. The molecule has 3 rings (SSSR count). The zero-order chi connectivity index (χ0) is 20.1. The van der Waals surface area contributed by atoms with Crippen LogP contribution >= 0.6 is 0 Å². The Labute approximate surface area is 160 Å². The molecular formula is C20H19F3N4O. The smallest absolute Gasteiger partial charge is 0.406 e. The summed E-state index contributed by atoms with van der Waals surface area (Å²) in [5.41, 5.74) is 2.86. The molecule has 0 unspecified atom stereocenters. The normalized spacial score (nSPS) is 11.2. The van der Waals surface area contributed by atoms with Crippen molar-refractivity contribution in [3.63, 3.8) is 0 Å². The molecule has 3 aromatic rings. The van der Waals surface area contributed by atoms with Gasteiger partial charge in [-0.2, -0.15) is 4.98 Å². The van der Waals surface area contributed by atoms with Crippen LogP contribution < -0.4 is 15.4 Å². The topological polar surface area (TPSA) is 59.1 Å². The maximum absolute atomic E-state index is 12.5. The van der Waals surface area contributed by atoms with Crippen molar-refractivity contribution >= 4 is 17.5 Å². The number of rotatable bonds is 6. The van der Waals surface area contributed by atoms with Crippen LogP contribution in [0.2, 0.25) is 0 Å². The number of hydrogen-bond donors (Lipinski definition) is 2. The van der Waals surface area contributed by atoms with Crippen molar-refractivity contribution in [2.45, 2.75) is 20.2 Å². The lowest BCUT2D eigenvalue weighted by Gasteiger charge is -2.13. The van der Waals surface area contributed by atoms with Crippen molar-refractivity contribution < 1.29 is 17.9 Å². The molecule has 0 saturated heterocycles. The van der Waals surface area contributed by atoms with Crippen molar-refractivity contribution in [3.05, 3.63) is 60.2 Å². The van der Waals surface area contributed by atoms with Gasteiger partial charge in [0.05, 0.1) is 5.69 Å². The summed E-state index contributed by atoms with van der Waals surface area (Å²) in [4.78, 5) is 8.82. The quantitative estimate of drug-likeness (QED) is 0.582. The number of nitrogens with one attached hydrogen (secondary N) is 2. The standard InChI is InChI=1S/C20H19F3N4O/c1-3-24-19-26-17(14-8-6-9-15(11-14)28-20(21,22)23)12-18(27-19)25-16-10-5-4-7-13(16)2/h4-12H,3H2,1-2H3,(H2,24,25,26,27). The van der Waals surface area contributed by atoms with Crippen molar-refractivity contribution in [2.24, 2.45) is 0 Å². The lowest BCUT2D eigenvalue weighted by Crippen LogP contribution is -2.17. The van der Waals surface area contributed by atoms with Crippen molar-refractivity contribution in [3.8, 4) is 17.0 Å². The summed E-state index contributed by atoms with van der Waals surface area (Å²) >= 11 is 0. The maximum atomic E-state index is 12.5. The molecule has 28 heavy (non-hydrogen) atoms. The van der Waals surface area contributed by atoms with Crippen molar-refractivity contribution in [2.75, 3.05) is 17.2 Å². The number of anilines is 3. The highest BCUT2D eigenvalue weighted by atomic mass is 19.4. The van der Waals surface area contributed by atoms with E-state index in [4.69, 9.17) is 0 Å². The molecule has 0 aliphatic heterocycles. The molecule has 0 radical (unpaired) electrons. The highest BCUT2D eigenvalue weighted by molar-refractivity contribution is 5.69. The van der Waals surface area contributed by atoms with Crippen molar-refractivity contribution in [1.29, 1.82) is 0 Å². The van der Waals surface area contributed by atoms with Gasteiger partial charge in [0, 0.05) is 23.9 Å². The lowest BCUT2D eigenvalue weighted by molar-refractivity contribution is -0.274. The first-order valence-electron chi connectivity index (χ1n) is 8.66. The van der Waals surface area contributed by atoms with Gasteiger partial charge in [-0.1, -0.05) is 30.3 Å². The van der Waals surface area contributed by atoms with Crippen LogP contribution in [0.15, 0.2) is 54.6 Å². The van der Waals surface area contributed by atoms with Gasteiger partial charge in [-0.25, -0.2) is 4.98 Å². The average Bonchev–Trinajstić information content (AvgIpc) is 2.63. The van der Waals surface area contributed by atoms with Crippen LogP contribution in [0.1, 0.15) is 12.5 Å². The molecule has 0 aliphatic rings. The second-order valence-corrected chi connectivity index (χ2v) is 6.01. The average molecular weight is 388 g/mol. The molecule has 0 spiro atoms. The summed E-state index contributed by atoms with van der Waals surface area (Å²) in [5.74, 6) is 0.595. The molecule has 0 fully saturated rings. The predicted octanol–water partition coefficient (Wildman–Crippen LogP) is 5.53. The van der Waals surface area contributed by atoms with Gasteiger partial charge in [0.2, 0.25) is 5.95 Å². The third-order valence-electron chi connectivity index (χ3n) is 3.83. The summed E-state index contributed by atoms with van der Waals surface area (Å²) in [6.45, 7) is 4.47. The summed E-state index contributed by atoms with van der Waals surface area (Å²) in [5, 5.41) is 6.27. The fourth-order valence-corrected chi connectivity index (χ4v) is 2.60. The Kier molecular flexibility index (Phi) is 5.67. The number of alkyl halides is 3. The summed E-state index contributed by atoms with van der Waals surface area (Å²) in [6.07, 6.45) is -4.75. The fraction of sp³-hybridized carbons (Fsp3) is 0.200. The Hall–Kier alpha value is -3.29. The van der Waals surface area contributed by atoms with E-state index in [0.717, 1.165) is 11.3 Å². The molecule has 146 valence electrons. The molecule has 0 bridgehead atoms. The molecule has 0 saturated carbocycles. The lowest BCUT2D eigenvalue weighted by atomic mass is 10.1. The summed E-state index contributed by atoms with van der Waals surface area (Å²) < 4.78 is 41.6. The van der Waals surface area contributed by atoms with Crippen LogP contribution in [0, 0.1) is 6.92 Å². The highest BCUT2D eigenvalue weighted by Gasteiger charge is 2.31. The summed E-state index contributed by atoms with van der Waals surface area (Å²) in [7, 11) is 0. The Bertz CT molecular complexity index is 960. The molecule has 1 heterocycles. The Morgan fingerprint density at radius 1 is 1.00 bits per heavy atom. The first kappa shape index (κ1) is 19.5. The molecule has 1 aromatic heterocycles. The zero-order valence-electron chi connectivity index (χ0n) is 15.3. The number of para-hydroxylation sites is 1. The van der Waals surface area contributed by atoms with E-state index in [0.29, 0.717) is 29.6 Å². The predicted molar refractivity (Wildman–Crippen MR) is 103 cm³/mol. The van der Waals surface area contributed by atoms with Gasteiger partial charge < -0.3 is 15.4 Å². The number of aromatic nitrogens is 2. The molecule has 0 atom stereocenters. The van der Waals surface area contributed by atoms with Gasteiger partial charge in [0.1, 0.15) is 11.6 Å². The van der Waals surface area contributed by atoms with Gasteiger partial charge >= 0.3 is 6.36 Å². The molecule has 8 heteroatoms. The van der Waals surface area contributed by atoms with E-state index in [1.807, 2.05) is 38.1 Å². The Balaban J connectivity index is 1.98. The van der Waals surface area contributed by atoms with Gasteiger partial charge in [0.15, 0.2) is 0 Å². The zero-order valence-corrected chi connectivity index (χ0v) is 15.3. The van der Waals surface area contributed by atoms with E-state index in [-0.39, 0.29) is 5.75 Å². The van der Waals surface area contributed by atoms with E-state index in [9.17, 15) is 13.2 Å². The van der Waals surface area contributed by atoms with E-state index in [1.54, 1.807) is 12.1 Å². The first-order valence-corrected chi connectivity index (χ1v) is 8.66. The fourth-order valence-electron chi connectivity index (χ4n) is 2.60. The number of aryl methyl sites for hydroxylation is 1. The van der Waals surface area contributed by atoms with Crippen LogP contribution in [-0.2, 0) is 0 Å². The number of benzene rings is 2. The second kappa shape index (κ2) is 8.16. The van der Waals surface area contributed by atoms with E-state index in [2.05, 4.69) is 25.3 Å². The molecule has 5 nitrogen and oxygen atoms in total. The van der Waals surface area contributed by atoms with Crippen LogP contribution in [0.5, 0.6) is 5.75 Å². The number of hydrogen-bond acceptors (Lipinski definition) is 5. The number of halogens is 3. The van der Waals surface area contributed by atoms with Crippen LogP contribution in [-0.4, -0.2) is 22.9 Å². The van der Waals surface area contributed by atoms with Gasteiger partial charge in [0.25, 0.3) is 0 Å². The SMILES string of the molecule is CCNc1nc(Nc2ccccc2C)cc(-c2cccc(OC(F)(F)F)c2)n1. The maximum Gasteiger partial charge on any atom is 0.573 e. The van der Waals surface area contributed by atoms with Gasteiger partial charge in [-0.15, -0.1) is 13.2 Å². The molecule has 2 N–H and O–H groups in total. The molecular weight excluding hydrogens is 369 g/mol.